The van der Waals surface area contributed by atoms with Crippen molar-refractivity contribution in [2.45, 2.75) is 45.1 Å². The van der Waals surface area contributed by atoms with Gasteiger partial charge in [-0.15, -0.1) is 0 Å². The van der Waals surface area contributed by atoms with E-state index in [1.54, 1.807) is 42.5 Å². The third-order valence-corrected chi connectivity index (χ3v) is 6.95. The van der Waals surface area contributed by atoms with E-state index >= 15 is 0 Å². The second kappa shape index (κ2) is 10.1. The van der Waals surface area contributed by atoms with Crippen molar-refractivity contribution < 1.29 is 4.79 Å². The maximum Gasteiger partial charge on any atom is 0.251 e. The maximum atomic E-state index is 13.2. The molecule has 4 rings (SSSR count). The zero-order valence-corrected chi connectivity index (χ0v) is 19.4. The molecule has 0 radical (unpaired) electrons. The number of carbonyl (C=O) groups is 1. The SMILES string of the molecule is C[C@@H](NC(=O)c1ccc2c(=C(C#N)C#N)c3ccccc3c(=C(C#N)C#N)c2c1)C1CCCCC1. The van der Waals surface area contributed by atoms with Crippen LogP contribution in [0.4, 0.5) is 0 Å². The maximum absolute atomic E-state index is 13.2. The van der Waals surface area contributed by atoms with Gasteiger partial charge in [0.05, 0.1) is 0 Å². The smallest absolute Gasteiger partial charge is 0.251 e. The Balaban J connectivity index is 2.01. The third-order valence-electron chi connectivity index (χ3n) is 6.95. The van der Waals surface area contributed by atoms with Crippen LogP contribution in [-0.4, -0.2) is 11.9 Å². The van der Waals surface area contributed by atoms with E-state index in [9.17, 15) is 25.8 Å². The van der Waals surface area contributed by atoms with Crippen LogP contribution in [0.3, 0.4) is 0 Å². The minimum Gasteiger partial charge on any atom is -0.349 e. The largest absolute Gasteiger partial charge is 0.349 e. The lowest BCUT2D eigenvalue weighted by Gasteiger charge is -2.28. The highest BCUT2D eigenvalue weighted by Crippen LogP contribution is 2.26. The van der Waals surface area contributed by atoms with E-state index < -0.39 is 0 Å². The average molecular weight is 458 g/mol. The van der Waals surface area contributed by atoms with Crippen molar-refractivity contribution in [1.82, 2.24) is 5.32 Å². The van der Waals surface area contributed by atoms with Gasteiger partial charge in [0.1, 0.15) is 35.4 Å². The summed E-state index contributed by atoms with van der Waals surface area (Å²) < 4.78 is 0. The second-order valence-corrected chi connectivity index (χ2v) is 8.91. The standard InChI is InChI=1S/C29H23N5O/c1-18(19-7-3-2-4-8-19)34-29(35)20-11-12-25-26(13-20)28(22(16-32)17-33)24-10-6-5-9-23(24)27(25)21(14-30)15-31/h5-6,9-13,18-19H,2-4,7-8H2,1H3,(H,34,35)/t18-/m1/s1. The molecule has 0 aromatic heterocycles. The van der Waals surface area contributed by atoms with Gasteiger partial charge in [-0.1, -0.05) is 49.6 Å². The molecule has 1 aliphatic rings. The predicted molar refractivity (Wildman–Crippen MR) is 133 cm³/mol. The van der Waals surface area contributed by atoms with Gasteiger partial charge in [0.15, 0.2) is 0 Å². The number of fused-ring (bicyclic) bond motifs is 2. The number of rotatable bonds is 3. The zero-order valence-electron chi connectivity index (χ0n) is 19.4. The minimum absolute atomic E-state index is 0.0302. The Hall–Kier alpha value is -4.65. The monoisotopic (exact) mass is 457 g/mol. The van der Waals surface area contributed by atoms with Crippen LogP contribution >= 0.6 is 0 Å². The second-order valence-electron chi connectivity index (χ2n) is 8.91. The molecule has 1 fully saturated rings. The fourth-order valence-corrected chi connectivity index (χ4v) is 5.17. The van der Waals surface area contributed by atoms with E-state index in [0.717, 1.165) is 12.8 Å². The van der Waals surface area contributed by atoms with Crippen molar-refractivity contribution >= 4 is 38.6 Å². The van der Waals surface area contributed by atoms with Crippen molar-refractivity contribution in [3.63, 3.8) is 0 Å². The molecule has 170 valence electrons. The summed E-state index contributed by atoms with van der Waals surface area (Å²) in [5.74, 6) is 0.214. The van der Waals surface area contributed by atoms with E-state index in [4.69, 9.17) is 0 Å². The quantitative estimate of drug-likeness (QED) is 0.593. The zero-order chi connectivity index (χ0) is 24.9. The molecule has 1 saturated carbocycles. The molecule has 35 heavy (non-hydrogen) atoms. The highest BCUT2D eigenvalue weighted by Gasteiger charge is 2.22. The van der Waals surface area contributed by atoms with E-state index in [1.807, 2.05) is 31.2 Å². The molecule has 1 amide bonds. The first-order valence-electron chi connectivity index (χ1n) is 11.7. The Kier molecular flexibility index (Phi) is 6.78. The number of amides is 1. The van der Waals surface area contributed by atoms with Crippen LogP contribution in [0.2, 0.25) is 0 Å². The third kappa shape index (κ3) is 4.31. The molecule has 1 aliphatic carbocycles. The number of carbonyl (C=O) groups excluding carboxylic acids is 1. The van der Waals surface area contributed by atoms with Crippen molar-refractivity contribution in [3.05, 3.63) is 58.5 Å². The summed E-state index contributed by atoms with van der Waals surface area (Å²) >= 11 is 0. The lowest BCUT2D eigenvalue weighted by Crippen LogP contribution is -2.38. The first-order chi connectivity index (χ1) is 17.0. The van der Waals surface area contributed by atoms with Gasteiger partial charge >= 0.3 is 0 Å². The summed E-state index contributed by atoms with van der Waals surface area (Å²) in [5, 5.41) is 44.9. The molecule has 0 heterocycles. The predicted octanol–water partition coefficient (Wildman–Crippen LogP) is 4.09. The number of nitrogens with one attached hydrogen (secondary N) is 1. The fraction of sp³-hybridized carbons (Fsp3) is 0.276. The summed E-state index contributed by atoms with van der Waals surface area (Å²) in [6.45, 7) is 2.03. The molecule has 1 atom stereocenters. The topological polar surface area (TPSA) is 124 Å². The van der Waals surface area contributed by atoms with Crippen LogP contribution in [0.15, 0.2) is 42.5 Å². The van der Waals surface area contributed by atoms with Gasteiger partial charge in [-0.05, 0) is 59.4 Å². The molecule has 3 aromatic carbocycles. The van der Waals surface area contributed by atoms with Crippen molar-refractivity contribution in [1.29, 1.82) is 21.0 Å². The number of benzene rings is 3. The van der Waals surface area contributed by atoms with Gasteiger partial charge < -0.3 is 5.32 Å². The van der Waals surface area contributed by atoms with Gasteiger partial charge in [-0.2, -0.15) is 21.0 Å². The first kappa shape index (κ1) is 23.5. The summed E-state index contributed by atoms with van der Waals surface area (Å²) in [6.07, 6.45) is 5.79. The molecule has 6 heteroatoms. The molecular formula is C29H23N5O. The number of nitriles is 4. The Bertz CT molecular complexity index is 1600. The van der Waals surface area contributed by atoms with Crippen LogP contribution in [0.1, 0.15) is 49.4 Å². The molecule has 1 N–H and O–H groups in total. The van der Waals surface area contributed by atoms with Gasteiger partial charge in [-0.25, -0.2) is 0 Å². The summed E-state index contributed by atoms with van der Waals surface area (Å²) in [6, 6.07) is 20.0. The summed E-state index contributed by atoms with van der Waals surface area (Å²) in [7, 11) is 0. The van der Waals surface area contributed by atoms with Gasteiger partial charge in [-0.3, -0.25) is 4.79 Å². The van der Waals surface area contributed by atoms with Crippen LogP contribution < -0.4 is 15.8 Å². The molecular weight excluding hydrogens is 434 g/mol. The van der Waals surface area contributed by atoms with E-state index in [-0.39, 0.29) is 23.1 Å². The summed E-state index contributed by atoms with van der Waals surface area (Å²) in [4.78, 5) is 13.2. The van der Waals surface area contributed by atoms with Gasteiger partial charge in [0.25, 0.3) is 5.91 Å². The van der Waals surface area contributed by atoms with Crippen molar-refractivity contribution in [3.8, 4) is 24.3 Å². The molecule has 0 bridgehead atoms. The molecule has 0 aliphatic heterocycles. The van der Waals surface area contributed by atoms with Crippen LogP contribution in [0.25, 0.3) is 32.7 Å². The van der Waals surface area contributed by atoms with E-state index in [1.165, 1.54) is 19.3 Å². The molecule has 0 saturated heterocycles. The molecule has 6 nitrogen and oxygen atoms in total. The van der Waals surface area contributed by atoms with Gasteiger partial charge in [0, 0.05) is 22.0 Å². The van der Waals surface area contributed by atoms with Crippen LogP contribution in [-0.2, 0) is 0 Å². The summed E-state index contributed by atoms with van der Waals surface area (Å²) in [5.41, 5.74) is 0.228. The van der Waals surface area contributed by atoms with E-state index in [0.29, 0.717) is 43.5 Å². The molecule has 0 unspecified atom stereocenters. The first-order valence-corrected chi connectivity index (χ1v) is 11.7. The van der Waals surface area contributed by atoms with Crippen molar-refractivity contribution in [2.75, 3.05) is 0 Å². The average Bonchev–Trinajstić information content (AvgIpc) is 2.90. The Labute approximate surface area is 203 Å². The molecule has 0 spiro atoms. The number of hydrogen-bond donors (Lipinski definition) is 1. The van der Waals surface area contributed by atoms with Crippen LogP contribution in [0.5, 0.6) is 0 Å². The normalized spacial score (nSPS) is 14.2. The fourth-order valence-electron chi connectivity index (χ4n) is 5.17. The number of nitrogens with zero attached hydrogens (tertiary/aromatic N) is 4. The highest BCUT2D eigenvalue weighted by molar-refractivity contribution is 6.08. The minimum atomic E-state index is -0.231. The highest BCUT2D eigenvalue weighted by atomic mass is 16.1. The van der Waals surface area contributed by atoms with Crippen LogP contribution in [0, 0.1) is 51.2 Å². The number of hydrogen-bond acceptors (Lipinski definition) is 5. The lowest BCUT2D eigenvalue weighted by atomic mass is 9.84. The van der Waals surface area contributed by atoms with E-state index in [2.05, 4.69) is 5.32 Å². The Morgan fingerprint density at radius 1 is 0.800 bits per heavy atom. The lowest BCUT2D eigenvalue weighted by molar-refractivity contribution is 0.0919. The van der Waals surface area contributed by atoms with Gasteiger partial charge in [0.2, 0.25) is 0 Å². The van der Waals surface area contributed by atoms with Crippen molar-refractivity contribution in [2.24, 2.45) is 5.92 Å². The molecule has 3 aromatic rings. The Morgan fingerprint density at radius 2 is 1.31 bits per heavy atom. The Morgan fingerprint density at radius 3 is 1.86 bits per heavy atom.